The van der Waals surface area contributed by atoms with E-state index in [1.54, 1.807) is 37.5 Å². The number of amides is 1. The molecule has 1 aliphatic heterocycles. The largest absolute Gasteiger partial charge is 0.444 e. The molecule has 0 spiro atoms. The van der Waals surface area contributed by atoms with Crippen LogP contribution in [0.15, 0.2) is 36.9 Å². The third-order valence-corrected chi connectivity index (χ3v) is 6.83. The summed E-state index contributed by atoms with van der Waals surface area (Å²) in [5.74, 6) is 1.40. The predicted octanol–water partition coefficient (Wildman–Crippen LogP) is 2.22. The lowest BCUT2D eigenvalue weighted by Crippen LogP contribution is -2.34. The Hall–Kier alpha value is -3.53. The van der Waals surface area contributed by atoms with Crippen molar-refractivity contribution in [1.29, 1.82) is 0 Å². The number of nitro benzene ring substituents is 1. The van der Waals surface area contributed by atoms with E-state index in [1.165, 1.54) is 36.5 Å². The van der Waals surface area contributed by atoms with Gasteiger partial charge in [-0.2, -0.15) is 11.8 Å². The number of nitro groups is 1. The van der Waals surface area contributed by atoms with E-state index in [4.69, 9.17) is 9.47 Å². The number of thioether (sulfide) groups is 1. The van der Waals surface area contributed by atoms with Gasteiger partial charge in [0.25, 0.3) is 5.69 Å². The molecule has 0 radical (unpaired) electrons. The Kier molecular flexibility index (Phi) is 8.84. The fourth-order valence-corrected chi connectivity index (χ4v) is 4.85. The number of carbonyl (C=O) groups is 1. The molecule has 3 heterocycles. The Morgan fingerprint density at radius 1 is 1.21 bits per heavy atom. The zero-order chi connectivity index (χ0) is 28.2. The van der Waals surface area contributed by atoms with Crippen molar-refractivity contribution in [2.75, 3.05) is 23.4 Å². The Balaban J connectivity index is 1.34. The second-order valence-electron chi connectivity index (χ2n) is 9.87. The molecule has 0 aliphatic carbocycles. The van der Waals surface area contributed by atoms with Gasteiger partial charge in [0.15, 0.2) is 23.2 Å². The summed E-state index contributed by atoms with van der Waals surface area (Å²) in [6, 6.07) is 6.16. The highest BCUT2D eigenvalue weighted by Gasteiger charge is 2.44. The number of non-ortho nitro benzene ring substituents is 1. The van der Waals surface area contributed by atoms with Crippen LogP contribution in [0.1, 0.15) is 32.6 Å². The van der Waals surface area contributed by atoms with Crippen LogP contribution in [0.3, 0.4) is 0 Å². The molecule has 39 heavy (non-hydrogen) atoms. The fraction of sp³-hybridized carbons (Fsp3) is 0.500. The highest BCUT2D eigenvalue weighted by Crippen LogP contribution is 2.33. The zero-order valence-electron chi connectivity index (χ0n) is 21.7. The molecule has 1 aliphatic rings. The summed E-state index contributed by atoms with van der Waals surface area (Å²) in [7, 11) is 0. The van der Waals surface area contributed by atoms with Crippen molar-refractivity contribution < 1.29 is 29.4 Å². The van der Waals surface area contributed by atoms with Crippen LogP contribution >= 0.6 is 11.8 Å². The summed E-state index contributed by atoms with van der Waals surface area (Å²) >= 11 is 1.46. The average Bonchev–Trinajstić information content (AvgIpc) is 3.43. The number of anilines is 1. The summed E-state index contributed by atoms with van der Waals surface area (Å²) in [5, 5.41) is 38.0. The molecule has 4 atom stereocenters. The van der Waals surface area contributed by atoms with Gasteiger partial charge in [0.05, 0.1) is 17.4 Å². The Morgan fingerprint density at radius 3 is 2.64 bits per heavy atom. The van der Waals surface area contributed by atoms with Gasteiger partial charge in [0, 0.05) is 36.7 Å². The van der Waals surface area contributed by atoms with E-state index in [1.807, 2.05) is 0 Å². The lowest BCUT2D eigenvalue weighted by atomic mass is 10.1. The molecule has 0 unspecified atom stereocenters. The number of fused-ring (bicyclic) bond motifs is 1. The van der Waals surface area contributed by atoms with E-state index in [0.717, 1.165) is 5.56 Å². The van der Waals surface area contributed by atoms with Crippen LogP contribution in [0.5, 0.6) is 0 Å². The van der Waals surface area contributed by atoms with Gasteiger partial charge in [-0.1, -0.05) is 12.1 Å². The topological polar surface area (TPSA) is 187 Å². The Morgan fingerprint density at radius 2 is 1.95 bits per heavy atom. The number of hydrogen-bond acceptors (Lipinski definition) is 12. The van der Waals surface area contributed by atoms with E-state index in [9.17, 15) is 25.1 Å². The van der Waals surface area contributed by atoms with Gasteiger partial charge in [-0.05, 0) is 26.3 Å². The molecule has 0 saturated carbocycles. The second-order valence-corrected chi connectivity index (χ2v) is 11.0. The van der Waals surface area contributed by atoms with Crippen LogP contribution in [0.4, 0.5) is 16.3 Å². The second kappa shape index (κ2) is 12.1. The van der Waals surface area contributed by atoms with Crippen LogP contribution in [-0.4, -0.2) is 82.7 Å². The first kappa shape index (κ1) is 28.5. The predicted molar refractivity (Wildman–Crippen MR) is 143 cm³/mol. The maximum Gasteiger partial charge on any atom is 0.407 e. The van der Waals surface area contributed by atoms with E-state index < -0.39 is 41.2 Å². The SMILES string of the molecule is CC(C)(C)OC(=O)NCCSC[C@H]1O[C@@H](n2cnc3c(NCc4ccc([N+](=O)[O-])cc4)ncnc32)[C@H](O)[C@@H]1O. The van der Waals surface area contributed by atoms with Crippen LogP contribution in [0, 0.1) is 10.1 Å². The van der Waals surface area contributed by atoms with Crippen molar-refractivity contribution in [3.8, 4) is 0 Å². The van der Waals surface area contributed by atoms with Crippen LogP contribution in [-0.2, 0) is 16.0 Å². The van der Waals surface area contributed by atoms with Crippen molar-refractivity contribution in [1.82, 2.24) is 24.8 Å². The average molecular weight is 562 g/mol. The monoisotopic (exact) mass is 561 g/mol. The van der Waals surface area contributed by atoms with Gasteiger partial charge in [-0.15, -0.1) is 0 Å². The maximum atomic E-state index is 11.7. The molecule has 0 bridgehead atoms. The fourth-order valence-electron chi connectivity index (χ4n) is 3.92. The van der Waals surface area contributed by atoms with Crippen molar-refractivity contribution >= 4 is 40.5 Å². The van der Waals surface area contributed by atoms with Gasteiger partial charge < -0.3 is 30.3 Å². The quantitative estimate of drug-likeness (QED) is 0.161. The molecular formula is C24H31N7O7S. The van der Waals surface area contributed by atoms with E-state index >= 15 is 0 Å². The normalized spacial score (nSPS) is 21.2. The minimum Gasteiger partial charge on any atom is -0.444 e. The third-order valence-electron chi connectivity index (χ3n) is 5.77. The van der Waals surface area contributed by atoms with Crippen molar-refractivity contribution in [2.45, 2.75) is 57.5 Å². The van der Waals surface area contributed by atoms with Crippen LogP contribution < -0.4 is 10.6 Å². The van der Waals surface area contributed by atoms with Gasteiger partial charge >= 0.3 is 6.09 Å². The highest BCUT2D eigenvalue weighted by molar-refractivity contribution is 7.99. The Labute approximate surface area is 228 Å². The lowest BCUT2D eigenvalue weighted by Gasteiger charge is -2.19. The molecule has 1 saturated heterocycles. The van der Waals surface area contributed by atoms with E-state index in [2.05, 4.69) is 25.6 Å². The summed E-state index contributed by atoms with van der Waals surface area (Å²) in [6.45, 7) is 6.09. The summed E-state index contributed by atoms with van der Waals surface area (Å²) in [4.78, 5) is 35.1. The minimum atomic E-state index is -1.21. The van der Waals surface area contributed by atoms with Gasteiger partial charge in [-0.3, -0.25) is 14.7 Å². The molecule has 1 aromatic carbocycles. The molecular weight excluding hydrogens is 530 g/mol. The van der Waals surface area contributed by atoms with Gasteiger partial charge in [-0.25, -0.2) is 19.7 Å². The number of aliphatic hydroxyl groups is 2. The number of benzene rings is 1. The minimum absolute atomic E-state index is 0.00778. The summed E-state index contributed by atoms with van der Waals surface area (Å²) < 4.78 is 12.7. The van der Waals surface area contributed by atoms with Crippen molar-refractivity contribution in [3.05, 3.63) is 52.6 Å². The van der Waals surface area contributed by atoms with Crippen LogP contribution in [0.25, 0.3) is 11.2 Å². The zero-order valence-corrected chi connectivity index (χ0v) is 22.5. The van der Waals surface area contributed by atoms with Gasteiger partial charge in [0.2, 0.25) is 0 Å². The molecule has 210 valence electrons. The summed E-state index contributed by atoms with van der Waals surface area (Å²) in [5.41, 5.74) is 1.09. The summed E-state index contributed by atoms with van der Waals surface area (Å²) in [6.07, 6.45) is -1.56. The van der Waals surface area contributed by atoms with Crippen LogP contribution in [0.2, 0.25) is 0 Å². The number of aliphatic hydroxyl groups excluding tert-OH is 2. The molecule has 15 heteroatoms. The number of hydrogen-bond donors (Lipinski definition) is 4. The molecule has 14 nitrogen and oxygen atoms in total. The number of ether oxygens (including phenoxy) is 2. The first-order chi connectivity index (χ1) is 18.5. The van der Waals surface area contributed by atoms with E-state index in [-0.39, 0.29) is 5.69 Å². The highest BCUT2D eigenvalue weighted by atomic mass is 32.2. The molecule has 1 amide bonds. The Bertz CT molecular complexity index is 1300. The number of nitrogens with zero attached hydrogens (tertiary/aromatic N) is 5. The molecule has 2 aromatic heterocycles. The number of carbonyl (C=O) groups excluding carboxylic acids is 1. The number of nitrogens with one attached hydrogen (secondary N) is 2. The maximum absolute atomic E-state index is 11.7. The molecule has 4 N–H and O–H groups in total. The van der Waals surface area contributed by atoms with Gasteiger partial charge in [0.1, 0.15) is 24.1 Å². The smallest absolute Gasteiger partial charge is 0.407 e. The number of rotatable bonds is 10. The van der Waals surface area contributed by atoms with E-state index in [0.29, 0.717) is 41.6 Å². The number of imidazole rings is 1. The first-order valence-corrected chi connectivity index (χ1v) is 13.4. The number of alkyl carbamates (subject to hydrolysis) is 1. The first-order valence-electron chi connectivity index (χ1n) is 12.2. The number of aromatic nitrogens is 4. The lowest BCUT2D eigenvalue weighted by molar-refractivity contribution is -0.384. The molecule has 3 aromatic rings. The standard InChI is InChI=1S/C24H31N7O7S/c1-24(2,3)38-23(34)25-8-9-39-11-16-18(32)19(33)22(37-16)30-13-29-17-20(27-12-28-21(17)30)26-10-14-4-6-15(7-5-14)31(35)36/h4-7,12-13,16,18-19,22,32-33H,8-11H2,1-3H3,(H,25,34)(H,26,27,28)/t16-,18-,19-,22-/m1/s1. The molecule has 4 rings (SSSR count). The van der Waals surface area contributed by atoms with Crippen molar-refractivity contribution in [3.63, 3.8) is 0 Å². The third kappa shape index (κ3) is 7.11. The molecule has 1 fully saturated rings. The van der Waals surface area contributed by atoms with Crippen molar-refractivity contribution in [2.24, 2.45) is 0 Å².